The van der Waals surface area contributed by atoms with Gasteiger partial charge in [0.15, 0.2) is 5.76 Å². The average Bonchev–Trinajstić information content (AvgIpc) is 3.04. The Morgan fingerprint density at radius 1 is 1.11 bits per heavy atom. The van der Waals surface area contributed by atoms with E-state index in [0.717, 1.165) is 13.1 Å². The van der Waals surface area contributed by atoms with E-state index < -0.39 is 5.97 Å². The molecule has 2 aliphatic rings. The molecule has 1 saturated carbocycles. The maximum absolute atomic E-state index is 12.3. The first kappa shape index (κ1) is 12.3. The zero-order chi connectivity index (χ0) is 13.4. The molecule has 1 aromatic rings. The SMILES string of the molecule is O=C(O)c1ccc(C(=O)N2C[C@@H]3CCCC[C@H]3C2)o1. The number of carboxylic acids is 1. The van der Waals surface area contributed by atoms with E-state index in [4.69, 9.17) is 9.52 Å². The molecule has 2 heterocycles. The van der Waals surface area contributed by atoms with Crippen LogP contribution in [0.5, 0.6) is 0 Å². The number of nitrogens with zero attached hydrogens (tertiary/aromatic N) is 1. The molecule has 1 saturated heterocycles. The van der Waals surface area contributed by atoms with Gasteiger partial charge in [-0.2, -0.15) is 0 Å². The number of hydrogen-bond acceptors (Lipinski definition) is 3. The third-order valence-corrected chi connectivity index (χ3v) is 4.29. The van der Waals surface area contributed by atoms with Crippen molar-refractivity contribution in [1.29, 1.82) is 0 Å². The summed E-state index contributed by atoms with van der Waals surface area (Å²) < 4.78 is 5.08. The third-order valence-electron chi connectivity index (χ3n) is 4.29. The van der Waals surface area contributed by atoms with Gasteiger partial charge in [-0.25, -0.2) is 4.79 Å². The molecule has 2 atom stereocenters. The van der Waals surface area contributed by atoms with Gasteiger partial charge in [-0.1, -0.05) is 12.8 Å². The Morgan fingerprint density at radius 2 is 1.68 bits per heavy atom. The van der Waals surface area contributed by atoms with Gasteiger partial charge in [0.2, 0.25) is 5.76 Å². The minimum atomic E-state index is -1.14. The van der Waals surface area contributed by atoms with Crippen molar-refractivity contribution in [3.8, 4) is 0 Å². The lowest BCUT2D eigenvalue weighted by Gasteiger charge is -2.22. The predicted molar refractivity (Wildman–Crippen MR) is 67.0 cm³/mol. The van der Waals surface area contributed by atoms with Crippen LogP contribution < -0.4 is 0 Å². The van der Waals surface area contributed by atoms with Crippen molar-refractivity contribution in [1.82, 2.24) is 4.90 Å². The maximum Gasteiger partial charge on any atom is 0.371 e. The molecule has 5 nitrogen and oxygen atoms in total. The molecule has 3 rings (SSSR count). The second-order valence-electron chi connectivity index (χ2n) is 5.48. The van der Waals surface area contributed by atoms with Crippen molar-refractivity contribution in [2.24, 2.45) is 11.8 Å². The molecule has 0 unspecified atom stereocenters. The summed E-state index contributed by atoms with van der Waals surface area (Å²) in [5.41, 5.74) is 0. The second kappa shape index (κ2) is 4.72. The molecule has 1 N–H and O–H groups in total. The lowest BCUT2D eigenvalue weighted by Crippen LogP contribution is -2.28. The lowest BCUT2D eigenvalue weighted by atomic mass is 9.82. The van der Waals surface area contributed by atoms with E-state index in [0.29, 0.717) is 11.8 Å². The summed E-state index contributed by atoms with van der Waals surface area (Å²) in [4.78, 5) is 24.8. The van der Waals surface area contributed by atoms with Crippen molar-refractivity contribution in [2.75, 3.05) is 13.1 Å². The van der Waals surface area contributed by atoms with Crippen LogP contribution in [0.25, 0.3) is 0 Å². The normalized spacial score (nSPS) is 26.2. The molecule has 1 aliphatic heterocycles. The monoisotopic (exact) mass is 263 g/mol. The predicted octanol–water partition coefficient (Wildman–Crippen LogP) is 2.24. The summed E-state index contributed by atoms with van der Waals surface area (Å²) in [5.74, 6) is -0.134. The Balaban J connectivity index is 1.71. The van der Waals surface area contributed by atoms with E-state index in [9.17, 15) is 9.59 Å². The Labute approximate surface area is 111 Å². The van der Waals surface area contributed by atoms with Crippen LogP contribution in [0.1, 0.15) is 46.8 Å². The van der Waals surface area contributed by atoms with Gasteiger partial charge in [0.1, 0.15) is 0 Å². The minimum Gasteiger partial charge on any atom is -0.475 e. The van der Waals surface area contributed by atoms with Crippen LogP contribution >= 0.6 is 0 Å². The molecule has 5 heteroatoms. The van der Waals surface area contributed by atoms with Crippen molar-refractivity contribution in [3.05, 3.63) is 23.7 Å². The molecular weight excluding hydrogens is 246 g/mol. The smallest absolute Gasteiger partial charge is 0.371 e. The largest absolute Gasteiger partial charge is 0.475 e. The van der Waals surface area contributed by atoms with Crippen molar-refractivity contribution in [3.63, 3.8) is 0 Å². The first-order valence-electron chi connectivity index (χ1n) is 6.77. The van der Waals surface area contributed by atoms with E-state index in [1.165, 1.54) is 37.8 Å². The average molecular weight is 263 g/mol. The first-order valence-corrected chi connectivity index (χ1v) is 6.77. The van der Waals surface area contributed by atoms with Gasteiger partial charge in [0.05, 0.1) is 0 Å². The molecule has 0 bridgehead atoms. The van der Waals surface area contributed by atoms with Gasteiger partial charge in [-0.05, 0) is 36.8 Å². The molecule has 102 valence electrons. The van der Waals surface area contributed by atoms with Crippen LogP contribution in [0.4, 0.5) is 0 Å². The highest BCUT2D eigenvalue weighted by molar-refractivity contribution is 5.93. The Morgan fingerprint density at radius 3 is 2.21 bits per heavy atom. The van der Waals surface area contributed by atoms with Gasteiger partial charge in [0.25, 0.3) is 5.91 Å². The van der Waals surface area contributed by atoms with Crippen LogP contribution in [0.2, 0.25) is 0 Å². The Kier molecular flexibility index (Phi) is 3.05. The van der Waals surface area contributed by atoms with Crippen molar-refractivity contribution >= 4 is 11.9 Å². The molecule has 0 aromatic carbocycles. The van der Waals surface area contributed by atoms with Gasteiger partial charge < -0.3 is 14.4 Å². The summed E-state index contributed by atoms with van der Waals surface area (Å²) in [7, 11) is 0. The molecular formula is C14H17NO4. The number of carbonyl (C=O) groups is 2. The standard InChI is InChI=1S/C14H17NO4/c16-13(11-5-6-12(19-11)14(17)18)15-7-9-3-1-2-4-10(9)8-15/h5-6,9-10H,1-4,7-8H2,(H,17,18)/t9-,10-/m0/s1. The highest BCUT2D eigenvalue weighted by atomic mass is 16.4. The van der Waals surface area contributed by atoms with E-state index in [2.05, 4.69) is 0 Å². The Hall–Kier alpha value is -1.78. The quantitative estimate of drug-likeness (QED) is 0.888. The number of carbonyl (C=O) groups excluding carboxylic acids is 1. The van der Waals surface area contributed by atoms with Crippen LogP contribution in [0.15, 0.2) is 16.5 Å². The van der Waals surface area contributed by atoms with Crippen molar-refractivity contribution in [2.45, 2.75) is 25.7 Å². The number of carboxylic acid groups (broad SMARTS) is 1. The van der Waals surface area contributed by atoms with E-state index in [-0.39, 0.29) is 17.4 Å². The van der Waals surface area contributed by atoms with E-state index in [1.54, 1.807) is 0 Å². The molecule has 1 aliphatic carbocycles. The Bertz CT molecular complexity index is 493. The number of hydrogen-bond donors (Lipinski definition) is 1. The van der Waals surface area contributed by atoms with Crippen molar-refractivity contribution < 1.29 is 19.1 Å². The molecule has 1 aromatic heterocycles. The van der Waals surface area contributed by atoms with Gasteiger partial charge in [-0.3, -0.25) is 4.79 Å². The fourth-order valence-electron chi connectivity index (χ4n) is 3.30. The molecule has 2 fully saturated rings. The molecule has 1 amide bonds. The number of furan rings is 1. The van der Waals surface area contributed by atoms with Crippen LogP contribution in [-0.2, 0) is 0 Å². The highest BCUT2D eigenvalue weighted by Gasteiger charge is 2.37. The van der Waals surface area contributed by atoms with Crippen LogP contribution in [0.3, 0.4) is 0 Å². The summed E-state index contributed by atoms with van der Waals surface area (Å²) >= 11 is 0. The molecule has 0 spiro atoms. The topological polar surface area (TPSA) is 70.8 Å². The third kappa shape index (κ3) is 2.25. The summed E-state index contributed by atoms with van der Waals surface area (Å²) in [6, 6.07) is 2.78. The first-order chi connectivity index (χ1) is 9.15. The van der Waals surface area contributed by atoms with Crippen LogP contribution in [0, 0.1) is 11.8 Å². The number of amides is 1. The van der Waals surface area contributed by atoms with Gasteiger partial charge >= 0.3 is 5.97 Å². The number of fused-ring (bicyclic) bond motifs is 1. The summed E-state index contributed by atoms with van der Waals surface area (Å²) in [6.07, 6.45) is 4.92. The zero-order valence-corrected chi connectivity index (χ0v) is 10.7. The number of aromatic carboxylic acids is 1. The summed E-state index contributed by atoms with van der Waals surface area (Å²) in [6.45, 7) is 1.57. The zero-order valence-electron chi connectivity index (χ0n) is 10.7. The fraction of sp³-hybridized carbons (Fsp3) is 0.571. The maximum atomic E-state index is 12.3. The van der Waals surface area contributed by atoms with Gasteiger partial charge in [-0.15, -0.1) is 0 Å². The molecule has 19 heavy (non-hydrogen) atoms. The highest BCUT2D eigenvalue weighted by Crippen LogP contribution is 2.36. The fourth-order valence-corrected chi connectivity index (χ4v) is 3.30. The van der Waals surface area contributed by atoms with Crippen LogP contribution in [-0.4, -0.2) is 35.0 Å². The lowest BCUT2D eigenvalue weighted by molar-refractivity contribution is 0.0653. The van der Waals surface area contributed by atoms with E-state index in [1.807, 2.05) is 4.90 Å². The molecule has 0 radical (unpaired) electrons. The number of likely N-dealkylation sites (tertiary alicyclic amines) is 1. The summed E-state index contributed by atoms with van der Waals surface area (Å²) in [5, 5.41) is 8.80. The second-order valence-corrected chi connectivity index (χ2v) is 5.48. The minimum absolute atomic E-state index is 0.135. The number of rotatable bonds is 2. The van der Waals surface area contributed by atoms with E-state index >= 15 is 0 Å². The van der Waals surface area contributed by atoms with Gasteiger partial charge in [0, 0.05) is 13.1 Å².